The topological polar surface area (TPSA) is 96.0 Å². The van der Waals surface area contributed by atoms with Crippen LogP contribution in [0.15, 0.2) is 65.2 Å². The van der Waals surface area contributed by atoms with E-state index in [9.17, 15) is 20.2 Å². The van der Waals surface area contributed by atoms with Crippen molar-refractivity contribution in [3.8, 4) is 6.07 Å². The molecule has 1 N–H and O–H groups in total. The molecular weight excluding hydrogens is 350 g/mol. The first-order valence-electron chi connectivity index (χ1n) is 7.93. The average molecular weight is 365 g/mol. The van der Waals surface area contributed by atoms with Gasteiger partial charge in [0.25, 0.3) is 5.69 Å². The highest BCUT2D eigenvalue weighted by Crippen LogP contribution is 2.37. The summed E-state index contributed by atoms with van der Waals surface area (Å²) in [5.41, 5.74) is 2.06. The molecule has 6 nitrogen and oxygen atoms in total. The second-order valence-corrected chi connectivity index (χ2v) is 6.77. The maximum atomic E-state index is 12.1. The fraction of sp³-hybridized carbons (Fsp3) is 0.158. The first kappa shape index (κ1) is 17.7. The summed E-state index contributed by atoms with van der Waals surface area (Å²) in [7, 11) is 0. The van der Waals surface area contributed by atoms with Gasteiger partial charge in [0.2, 0.25) is 5.91 Å². The number of nitrogens with zero attached hydrogens (tertiary/aromatic N) is 2. The Hall–Kier alpha value is -3.11. The molecule has 0 spiro atoms. The van der Waals surface area contributed by atoms with Crippen LogP contribution in [-0.2, 0) is 10.5 Å². The van der Waals surface area contributed by atoms with Gasteiger partial charge in [-0.3, -0.25) is 14.9 Å². The second-order valence-electron chi connectivity index (χ2n) is 5.79. The number of hydrogen-bond acceptors (Lipinski definition) is 5. The predicted octanol–water partition coefficient (Wildman–Crippen LogP) is 3.87. The lowest BCUT2D eigenvalue weighted by molar-refractivity contribution is -0.384. The summed E-state index contributed by atoms with van der Waals surface area (Å²) < 4.78 is 0. The van der Waals surface area contributed by atoms with E-state index in [1.165, 1.54) is 23.9 Å². The number of carbonyl (C=O) groups is 1. The molecule has 0 saturated carbocycles. The lowest BCUT2D eigenvalue weighted by Crippen LogP contribution is -2.30. The Balaban J connectivity index is 1.92. The quantitative estimate of drug-likeness (QED) is 0.641. The smallest absolute Gasteiger partial charge is 0.269 e. The van der Waals surface area contributed by atoms with Gasteiger partial charge in [-0.05, 0) is 11.1 Å². The number of nitrogens with one attached hydrogen (secondary N) is 1. The Bertz CT molecular complexity index is 919. The molecule has 7 heteroatoms. The lowest BCUT2D eigenvalue weighted by atomic mass is 9.87. The molecule has 2 aromatic carbocycles. The zero-order chi connectivity index (χ0) is 18.5. The number of amides is 1. The summed E-state index contributed by atoms with van der Waals surface area (Å²) in [5, 5.41) is 24.0. The van der Waals surface area contributed by atoms with Crippen LogP contribution in [0.5, 0.6) is 0 Å². The van der Waals surface area contributed by atoms with E-state index in [-0.39, 0.29) is 18.0 Å². The number of nitro benzene ring substituents is 1. The van der Waals surface area contributed by atoms with Gasteiger partial charge in [-0.15, -0.1) is 11.8 Å². The first-order valence-corrected chi connectivity index (χ1v) is 8.92. The molecule has 26 heavy (non-hydrogen) atoms. The molecule has 0 radical (unpaired) electrons. The van der Waals surface area contributed by atoms with Crippen molar-refractivity contribution in [3.05, 3.63) is 86.4 Å². The number of nitriles is 1. The Morgan fingerprint density at radius 1 is 1.23 bits per heavy atom. The van der Waals surface area contributed by atoms with E-state index in [1.54, 1.807) is 12.1 Å². The minimum absolute atomic E-state index is 0.0516. The molecule has 130 valence electrons. The zero-order valence-corrected chi connectivity index (χ0v) is 14.5. The van der Waals surface area contributed by atoms with Gasteiger partial charge in [-0.2, -0.15) is 5.26 Å². The molecule has 3 rings (SSSR count). The Morgan fingerprint density at radius 3 is 2.69 bits per heavy atom. The molecule has 1 amide bonds. The summed E-state index contributed by atoms with van der Waals surface area (Å²) in [5.74, 6) is -0.0634. The summed E-state index contributed by atoms with van der Waals surface area (Å²) in [4.78, 5) is 22.7. The third-order valence-corrected chi connectivity index (χ3v) is 5.15. The summed E-state index contributed by atoms with van der Waals surface area (Å²) in [6, 6.07) is 18.0. The maximum Gasteiger partial charge on any atom is 0.269 e. The van der Waals surface area contributed by atoms with Crippen molar-refractivity contribution in [3.63, 3.8) is 0 Å². The number of thioether (sulfide) groups is 1. The molecule has 1 atom stereocenters. The van der Waals surface area contributed by atoms with Gasteiger partial charge >= 0.3 is 0 Å². The van der Waals surface area contributed by atoms with Gasteiger partial charge in [0, 0.05) is 30.2 Å². The van der Waals surface area contributed by atoms with Crippen LogP contribution in [0.1, 0.15) is 23.5 Å². The largest absolute Gasteiger partial charge is 0.320 e. The van der Waals surface area contributed by atoms with Crippen LogP contribution in [0.25, 0.3) is 0 Å². The van der Waals surface area contributed by atoms with E-state index >= 15 is 0 Å². The third-order valence-electron chi connectivity index (χ3n) is 4.07. The second kappa shape index (κ2) is 7.85. The molecular formula is C19H15N3O3S. The average Bonchev–Trinajstić information content (AvgIpc) is 2.66. The van der Waals surface area contributed by atoms with Crippen molar-refractivity contribution in [2.45, 2.75) is 18.1 Å². The van der Waals surface area contributed by atoms with Crippen LogP contribution >= 0.6 is 11.8 Å². The van der Waals surface area contributed by atoms with Crippen molar-refractivity contribution >= 4 is 23.4 Å². The van der Waals surface area contributed by atoms with E-state index in [0.717, 1.165) is 5.56 Å². The Labute approximate surface area is 154 Å². The number of rotatable bonds is 5. The van der Waals surface area contributed by atoms with E-state index in [2.05, 4.69) is 11.4 Å². The fourth-order valence-corrected chi connectivity index (χ4v) is 3.84. The molecule has 0 fully saturated rings. The standard InChI is InChI=1S/C19H15N3O3S/c20-11-17-16(14-7-4-8-15(9-14)22(24)25)10-18(23)21-19(17)26-12-13-5-2-1-3-6-13/h1-9,16H,10,12H2,(H,21,23)/t16-/m0/s1. The first-order chi connectivity index (χ1) is 12.6. The molecule has 0 aliphatic carbocycles. The molecule has 1 aliphatic rings. The monoisotopic (exact) mass is 365 g/mol. The van der Waals surface area contributed by atoms with Gasteiger partial charge in [-0.25, -0.2) is 0 Å². The number of carbonyl (C=O) groups excluding carboxylic acids is 1. The van der Waals surface area contributed by atoms with Crippen molar-refractivity contribution in [2.24, 2.45) is 0 Å². The minimum Gasteiger partial charge on any atom is -0.320 e. The van der Waals surface area contributed by atoms with Gasteiger partial charge in [0.1, 0.15) is 0 Å². The van der Waals surface area contributed by atoms with Crippen LogP contribution in [0, 0.1) is 21.4 Å². The van der Waals surface area contributed by atoms with Crippen LogP contribution in [-0.4, -0.2) is 10.8 Å². The molecule has 2 aromatic rings. The highest BCUT2D eigenvalue weighted by molar-refractivity contribution is 8.02. The molecule has 0 aromatic heterocycles. The SMILES string of the molecule is N#CC1=C(SCc2ccccc2)NC(=O)C[C@H]1c1cccc([N+](=O)[O-])c1. The van der Waals surface area contributed by atoms with Gasteiger partial charge in [0.05, 0.1) is 21.6 Å². The predicted molar refractivity (Wildman–Crippen MR) is 99.0 cm³/mol. The zero-order valence-electron chi connectivity index (χ0n) is 13.7. The summed E-state index contributed by atoms with van der Waals surface area (Å²) in [6.45, 7) is 0. The number of benzene rings is 2. The molecule has 1 aliphatic heterocycles. The lowest BCUT2D eigenvalue weighted by Gasteiger charge is -2.25. The van der Waals surface area contributed by atoms with Gasteiger partial charge < -0.3 is 5.32 Å². The third kappa shape index (κ3) is 3.92. The number of nitro groups is 1. The van der Waals surface area contributed by atoms with E-state index < -0.39 is 10.8 Å². The van der Waals surface area contributed by atoms with Crippen LogP contribution in [0.4, 0.5) is 5.69 Å². The van der Waals surface area contributed by atoms with Gasteiger partial charge in [0.15, 0.2) is 0 Å². The van der Waals surface area contributed by atoms with Gasteiger partial charge in [-0.1, -0.05) is 42.5 Å². The van der Waals surface area contributed by atoms with Crippen LogP contribution < -0.4 is 5.32 Å². The molecule has 0 bridgehead atoms. The van der Waals surface area contributed by atoms with Crippen LogP contribution in [0.3, 0.4) is 0 Å². The summed E-state index contributed by atoms with van der Waals surface area (Å²) in [6.07, 6.45) is 0.0967. The Kier molecular flexibility index (Phi) is 5.34. The van der Waals surface area contributed by atoms with E-state index in [0.29, 0.717) is 21.9 Å². The maximum absolute atomic E-state index is 12.1. The van der Waals surface area contributed by atoms with Crippen molar-refractivity contribution in [1.82, 2.24) is 5.32 Å². The molecule has 0 saturated heterocycles. The normalized spacial score (nSPS) is 16.7. The van der Waals surface area contributed by atoms with E-state index in [1.807, 2.05) is 30.3 Å². The number of allylic oxidation sites excluding steroid dienone is 1. The van der Waals surface area contributed by atoms with Crippen molar-refractivity contribution < 1.29 is 9.72 Å². The Morgan fingerprint density at radius 2 is 2.00 bits per heavy atom. The number of non-ortho nitro benzene ring substituents is 1. The molecule has 1 heterocycles. The van der Waals surface area contributed by atoms with E-state index in [4.69, 9.17) is 0 Å². The van der Waals surface area contributed by atoms with Crippen molar-refractivity contribution in [2.75, 3.05) is 0 Å². The summed E-state index contributed by atoms with van der Waals surface area (Å²) >= 11 is 1.39. The highest BCUT2D eigenvalue weighted by Gasteiger charge is 2.30. The van der Waals surface area contributed by atoms with Crippen molar-refractivity contribution in [1.29, 1.82) is 5.26 Å². The fourth-order valence-electron chi connectivity index (χ4n) is 2.80. The molecule has 0 unspecified atom stereocenters. The minimum atomic E-state index is -0.480. The highest BCUT2D eigenvalue weighted by atomic mass is 32.2. The van der Waals surface area contributed by atoms with Crippen LogP contribution in [0.2, 0.25) is 0 Å². The number of hydrogen-bond donors (Lipinski definition) is 1.